The van der Waals surface area contributed by atoms with Crippen molar-refractivity contribution in [2.24, 2.45) is 0 Å². The van der Waals surface area contributed by atoms with Gasteiger partial charge in [-0.1, -0.05) is 24.3 Å². The highest BCUT2D eigenvalue weighted by atomic mass is 32.2. The Morgan fingerprint density at radius 3 is 1.30 bits per heavy atom. The fourth-order valence-electron chi connectivity index (χ4n) is 2.10. The van der Waals surface area contributed by atoms with Crippen molar-refractivity contribution in [1.82, 2.24) is 0 Å². The van der Waals surface area contributed by atoms with Crippen molar-refractivity contribution in [2.75, 3.05) is 0 Å². The van der Waals surface area contributed by atoms with Crippen LogP contribution >= 0.6 is 0 Å². The van der Waals surface area contributed by atoms with Crippen LogP contribution in [0.15, 0.2) is 39.0 Å². The van der Waals surface area contributed by atoms with E-state index in [-0.39, 0.29) is 0 Å². The van der Waals surface area contributed by atoms with E-state index in [9.17, 15) is 39.5 Å². The van der Waals surface area contributed by atoms with Gasteiger partial charge in [0.05, 0.1) is 0 Å². The van der Waals surface area contributed by atoms with E-state index in [2.05, 4.69) is 0 Å². The minimum atomic E-state index is -5.49. The molecule has 0 fully saturated rings. The van der Waals surface area contributed by atoms with Gasteiger partial charge in [-0.3, -0.25) is 13.7 Å². The largest absolute Gasteiger partial charge is 0.505 e. The van der Waals surface area contributed by atoms with Gasteiger partial charge in [-0.2, -0.15) is 25.3 Å². The van der Waals surface area contributed by atoms with E-state index in [1.54, 1.807) is 0 Å². The lowest BCUT2D eigenvalue weighted by Gasteiger charge is -2.14. The second-order valence-corrected chi connectivity index (χ2v) is 8.38. The predicted octanol–water partition coefficient (Wildman–Crippen LogP) is 0.286. The molecule has 0 aliphatic heterocycles. The molecule has 0 heterocycles. The Morgan fingerprint density at radius 1 is 0.609 bits per heavy atom. The van der Waals surface area contributed by atoms with Gasteiger partial charge in [-0.15, -0.1) is 0 Å². The van der Waals surface area contributed by atoms with Gasteiger partial charge in [0.1, 0.15) is 9.79 Å². The molecule has 0 bridgehead atoms. The molecule has 0 aromatic heterocycles. The van der Waals surface area contributed by atoms with Crippen molar-refractivity contribution in [3.05, 3.63) is 24.3 Å². The zero-order valence-corrected chi connectivity index (χ0v) is 13.2. The van der Waals surface area contributed by atoms with Gasteiger partial charge in [0.15, 0.2) is 10.6 Å². The van der Waals surface area contributed by atoms with Crippen LogP contribution in [0.25, 0.3) is 10.8 Å². The lowest BCUT2D eigenvalue weighted by Crippen LogP contribution is -2.12. The Hall–Kier alpha value is -1.77. The third-order valence-electron chi connectivity index (χ3n) is 2.83. The van der Waals surface area contributed by atoms with Crippen LogP contribution in [0.1, 0.15) is 0 Å². The minimum Gasteiger partial charge on any atom is -0.505 e. The number of rotatable bonds is 3. The van der Waals surface area contributed by atoms with Gasteiger partial charge in [-0.05, 0) is 0 Å². The first kappa shape index (κ1) is 17.6. The Kier molecular flexibility index (Phi) is 3.91. The Labute approximate surface area is 130 Å². The molecule has 0 atom stereocenters. The minimum absolute atomic E-state index is 0.576. The summed E-state index contributed by atoms with van der Waals surface area (Å²) in [5.41, 5.74) is 0. The summed E-state index contributed by atoms with van der Waals surface area (Å²) in [5.74, 6) is -1.73. The number of aromatic hydroxyl groups is 1. The molecule has 2 rings (SSSR count). The number of fused-ring (bicyclic) bond motifs is 1. The molecule has 0 unspecified atom stereocenters. The van der Waals surface area contributed by atoms with Crippen molar-refractivity contribution in [3.8, 4) is 5.75 Å². The van der Waals surface area contributed by atoms with E-state index in [1.807, 2.05) is 0 Å². The van der Waals surface area contributed by atoms with Gasteiger partial charge in [0.25, 0.3) is 30.4 Å². The highest BCUT2D eigenvalue weighted by molar-refractivity contribution is 7.89. The molecule has 13 heteroatoms. The maximum absolute atomic E-state index is 11.5. The van der Waals surface area contributed by atoms with E-state index < -0.39 is 61.6 Å². The standard InChI is InChI=1S/C10H8O10S3/c11-7-8(21(12,13)14)5-3-1-2-4-6(5)9(22(15,16)17)10(7)23(18,19)20/h1-4,11H,(H,12,13,14)(H,15,16,17)(H,18,19,20). The van der Waals surface area contributed by atoms with Crippen molar-refractivity contribution >= 4 is 41.1 Å². The number of phenols is 1. The second-order valence-electron chi connectivity index (χ2n) is 4.31. The van der Waals surface area contributed by atoms with Crippen LogP contribution < -0.4 is 0 Å². The van der Waals surface area contributed by atoms with E-state index in [1.165, 1.54) is 12.1 Å². The van der Waals surface area contributed by atoms with Crippen LogP contribution in [-0.2, 0) is 30.4 Å². The number of hydrogen-bond donors (Lipinski definition) is 4. The Bertz CT molecular complexity index is 1130. The van der Waals surface area contributed by atoms with Crippen molar-refractivity contribution < 1.29 is 44.0 Å². The highest BCUT2D eigenvalue weighted by Crippen LogP contribution is 2.42. The molecule has 126 valence electrons. The molecule has 4 N–H and O–H groups in total. The van der Waals surface area contributed by atoms with Crippen LogP contribution in [0.3, 0.4) is 0 Å². The first-order valence-corrected chi connectivity index (χ1v) is 9.78. The van der Waals surface area contributed by atoms with Crippen LogP contribution in [-0.4, -0.2) is 44.0 Å². The average Bonchev–Trinajstić information content (AvgIpc) is 2.32. The van der Waals surface area contributed by atoms with Crippen LogP contribution in [0.2, 0.25) is 0 Å². The molecule has 23 heavy (non-hydrogen) atoms. The van der Waals surface area contributed by atoms with E-state index >= 15 is 0 Å². The van der Waals surface area contributed by atoms with Gasteiger partial charge >= 0.3 is 0 Å². The second kappa shape index (κ2) is 5.12. The fourth-order valence-corrected chi connectivity index (χ4v) is 5.07. The summed E-state index contributed by atoms with van der Waals surface area (Å²) >= 11 is 0. The van der Waals surface area contributed by atoms with Crippen molar-refractivity contribution in [2.45, 2.75) is 14.7 Å². The van der Waals surface area contributed by atoms with Crippen LogP contribution in [0, 0.1) is 0 Å². The van der Waals surface area contributed by atoms with Gasteiger partial charge in [0.2, 0.25) is 0 Å². The zero-order valence-electron chi connectivity index (χ0n) is 10.8. The summed E-state index contributed by atoms with van der Waals surface area (Å²) in [6.07, 6.45) is 0. The zero-order chi connectivity index (χ0) is 17.8. The van der Waals surface area contributed by atoms with Crippen LogP contribution in [0.5, 0.6) is 5.75 Å². The molecule has 0 amide bonds. The molecule has 0 aliphatic carbocycles. The number of benzene rings is 2. The smallest absolute Gasteiger partial charge is 0.299 e. The molecule has 10 nitrogen and oxygen atoms in total. The maximum atomic E-state index is 11.5. The van der Waals surface area contributed by atoms with Crippen LogP contribution in [0.4, 0.5) is 0 Å². The molecule has 2 aromatic carbocycles. The molecule has 2 aromatic rings. The maximum Gasteiger partial charge on any atom is 0.299 e. The topological polar surface area (TPSA) is 183 Å². The molecular formula is C10H8O10S3. The van der Waals surface area contributed by atoms with Gasteiger partial charge in [0, 0.05) is 10.8 Å². The lowest BCUT2D eigenvalue weighted by molar-refractivity contribution is 0.416. The fraction of sp³-hybridized carbons (Fsp3) is 0. The molecule has 0 saturated heterocycles. The number of phenolic OH excluding ortho intramolecular Hbond substituents is 1. The first-order chi connectivity index (χ1) is 10.3. The Morgan fingerprint density at radius 2 is 0.957 bits per heavy atom. The average molecular weight is 384 g/mol. The summed E-state index contributed by atoms with van der Waals surface area (Å²) in [4.78, 5) is -4.50. The third kappa shape index (κ3) is 3.01. The molecule has 0 aliphatic rings. The van der Waals surface area contributed by atoms with E-state index in [0.717, 1.165) is 12.1 Å². The molecular weight excluding hydrogens is 376 g/mol. The summed E-state index contributed by atoms with van der Waals surface area (Å²) in [6, 6.07) is 4.26. The summed E-state index contributed by atoms with van der Waals surface area (Å²) in [5, 5.41) is 8.63. The van der Waals surface area contributed by atoms with Gasteiger partial charge in [-0.25, -0.2) is 0 Å². The summed E-state index contributed by atoms with van der Waals surface area (Å²) < 4.78 is 96.1. The molecule has 0 saturated carbocycles. The van der Waals surface area contributed by atoms with Gasteiger partial charge < -0.3 is 5.11 Å². The monoisotopic (exact) mass is 384 g/mol. The van der Waals surface area contributed by atoms with Crippen molar-refractivity contribution in [3.63, 3.8) is 0 Å². The first-order valence-electron chi connectivity index (χ1n) is 5.46. The van der Waals surface area contributed by atoms with E-state index in [4.69, 9.17) is 4.55 Å². The SMILES string of the molecule is O=S(=O)(O)c1c(O)c(S(=O)(=O)O)c2ccccc2c1S(=O)(=O)O. The Balaban J connectivity index is 3.40. The third-order valence-corrected chi connectivity index (χ3v) is 5.74. The highest BCUT2D eigenvalue weighted by Gasteiger charge is 2.36. The summed E-state index contributed by atoms with van der Waals surface area (Å²) in [6.45, 7) is 0. The normalized spacial score (nSPS) is 13.3. The van der Waals surface area contributed by atoms with Crippen molar-refractivity contribution in [1.29, 1.82) is 0 Å². The van der Waals surface area contributed by atoms with E-state index in [0.29, 0.717) is 0 Å². The number of hydrogen-bond acceptors (Lipinski definition) is 7. The quantitative estimate of drug-likeness (QED) is 0.536. The summed E-state index contributed by atoms with van der Waals surface area (Å²) in [7, 11) is -16.0. The lowest BCUT2D eigenvalue weighted by atomic mass is 10.1. The predicted molar refractivity (Wildman–Crippen MR) is 75.1 cm³/mol. The molecule has 0 radical (unpaired) electrons. The molecule has 0 spiro atoms.